The van der Waals surface area contributed by atoms with Crippen LogP contribution in [0.5, 0.6) is 0 Å². The van der Waals surface area contributed by atoms with Gasteiger partial charge in [0, 0.05) is 5.57 Å². The van der Waals surface area contributed by atoms with Gasteiger partial charge in [0.1, 0.15) is 0 Å². The second-order valence-electron chi connectivity index (χ2n) is 3.82. The van der Waals surface area contributed by atoms with E-state index in [-0.39, 0.29) is 0 Å². The summed E-state index contributed by atoms with van der Waals surface area (Å²) in [5.41, 5.74) is 1.62. The highest BCUT2D eigenvalue weighted by atomic mass is 16.4. The second-order valence-corrected chi connectivity index (χ2v) is 3.82. The molecule has 0 bridgehead atoms. The minimum absolute atomic E-state index is 0.531. The Morgan fingerprint density at radius 3 is 2.23 bits per heavy atom. The first-order valence-electron chi connectivity index (χ1n) is 4.90. The minimum atomic E-state index is -0.777. The number of hydrogen-bond acceptors (Lipinski definition) is 1. The molecule has 76 valence electrons. The molecule has 0 unspecified atom stereocenters. The smallest absolute Gasteiger partial charge is 0.331 e. The van der Waals surface area contributed by atoms with Crippen LogP contribution in [0, 0.1) is 5.92 Å². The Balaban J connectivity index is 4.32. The maximum Gasteiger partial charge on any atom is 0.331 e. The van der Waals surface area contributed by atoms with Crippen LogP contribution in [0.4, 0.5) is 0 Å². The van der Waals surface area contributed by atoms with Crippen LogP contribution in [-0.2, 0) is 4.79 Å². The first-order valence-corrected chi connectivity index (χ1v) is 4.90. The molecule has 0 rings (SSSR count). The fourth-order valence-electron chi connectivity index (χ4n) is 1.24. The molecule has 0 amide bonds. The fourth-order valence-corrected chi connectivity index (χ4v) is 1.24. The predicted octanol–water partition coefficient (Wildman–Crippen LogP) is 3.23. The van der Waals surface area contributed by atoms with Crippen molar-refractivity contribution in [1.82, 2.24) is 0 Å². The van der Waals surface area contributed by atoms with E-state index >= 15 is 0 Å². The topological polar surface area (TPSA) is 37.3 Å². The maximum atomic E-state index is 10.7. The van der Waals surface area contributed by atoms with Gasteiger partial charge in [0.25, 0.3) is 0 Å². The molecule has 13 heavy (non-hydrogen) atoms. The van der Waals surface area contributed by atoms with Crippen LogP contribution in [0.2, 0.25) is 0 Å². The van der Waals surface area contributed by atoms with Crippen LogP contribution < -0.4 is 0 Å². The van der Waals surface area contributed by atoms with Gasteiger partial charge in [0.2, 0.25) is 0 Å². The van der Waals surface area contributed by atoms with Crippen molar-refractivity contribution < 1.29 is 9.90 Å². The number of carboxylic acids is 1. The van der Waals surface area contributed by atoms with Gasteiger partial charge in [0.05, 0.1) is 0 Å². The van der Waals surface area contributed by atoms with Crippen molar-refractivity contribution in [3.8, 4) is 0 Å². The third-order valence-corrected chi connectivity index (χ3v) is 2.30. The summed E-state index contributed by atoms with van der Waals surface area (Å²) < 4.78 is 0. The quantitative estimate of drug-likeness (QED) is 0.666. The largest absolute Gasteiger partial charge is 0.478 e. The molecule has 0 aromatic carbocycles. The lowest BCUT2D eigenvalue weighted by atomic mass is 9.97. The van der Waals surface area contributed by atoms with Gasteiger partial charge in [-0.3, -0.25) is 0 Å². The van der Waals surface area contributed by atoms with Crippen LogP contribution in [0.15, 0.2) is 11.1 Å². The summed E-state index contributed by atoms with van der Waals surface area (Å²) >= 11 is 0. The molecule has 0 spiro atoms. The lowest BCUT2D eigenvalue weighted by Gasteiger charge is -2.09. The van der Waals surface area contributed by atoms with E-state index in [4.69, 9.17) is 5.11 Å². The van der Waals surface area contributed by atoms with Crippen LogP contribution in [0.3, 0.4) is 0 Å². The Bertz CT molecular complexity index is 202. The molecule has 0 fully saturated rings. The van der Waals surface area contributed by atoms with Gasteiger partial charge in [-0.15, -0.1) is 0 Å². The molecular weight excluding hydrogens is 164 g/mol. The third-order valence-electron chi connectivity index (χ3n) is 2.30. The summed E-state index contributed by atoms with van der Waals surface area (Å²) in [6.07, 6.45) is 2.85. The van der Waals surface area contributed by atoms with Gasteiger partial charge in [-0.25, -0.2) is 4.79 Å². The van der Waals surface area contributed by atoms with E-state index in [9.17, 15) is 4.79 Å². The monoisotopic (exact) mass is 184 g/mol. The van der Waals surface area contributed by atoms with Crippen LogP contribution in [0.1, 0.15) is 47.0 Å². The highest BCUT2D eigenvalue weighted by Gasteiger charge is 2.07. The van der Waals surface area contributed by atoms with Crippen molar-refractivity contribution in [2.45, 2.75) is 47.0 Å². The summed E-state index contributed by atoms with van der Waals surface area (Å²) in [6.45, 7) is 8.02. The summed E-state index contributed by atoms with van der Waals surface area (Å²) in [5, 5.41) is 8.79. The molecule has 0 saturated carbocycles. The number of carboxylic acid groups (broad SMARTS) is 1. The summed E-state index contributed by atoms with van der Waals surface area (Å²) in [5.74, 6) is -0.135. The first-order chi connectivity index (χ1) is 5.99. The standard InChI is InChI=1S/C11H20O2/c1-5-10(7-6-8(2)3)9(4)11(12)13/h8H,5-7H2,1-4H3,(H,12,13). The van der Waals surface area contributed by atoms with E-state index in [1.165, 1.54) is 0 Å². The molecule has 0 radical (unpaired) electrons. The zero-order valence-electron chi connectivity index (χ0n) is 9.05. The first kappa shape index (κ1) is 12.2. The van der Waals surface area contributed by atoms with Crippen molar-refractivity contribution >= 4 is 5.97 Å². The summed E-state index contributed by atoms with van der Waals surface area (Å²) in [4.78, 5) is 10.7. The Hall–Kier alpha value is -0.790. The zero-order chi connectivity index (χ0) is 10.4. The van der Waals surface area contributed by atoms with Gasteiger partial charge < -0.3 is 5.11 Å². The van der Waals surface area contributed by atoms with Crippen molar-refractivity contribution in [1.29, 1.82) is 0 Å². The maximum absolute atomic E-state index is 10.7. The minimum Gasteiger partial charge on any atom is -0.478 e. The van der Waals surface area contributed by atoms with Gasteiger partial charge >= 0.3 is 5.97 Å². The molecule has 0 aliphatic carbocycles. The predicted molar refractivity (Wildman–Crippen MR) is 54.7 cm³/mol. The lowest BCUT2D eigenvalue weighted by molar-refractivity contribution is -0.132. The van der Waals surface area contributed by atoms with Crippen molar-refractivity contribution in [2.24, 2.45) is 5.92 Å². The van der Waals surface area contributed by atoms with E-state index in [1.807, 2.05) is 6.92 Å². The highest BCUT2D eigenvalue weighted by molar-refractivity contribution is 5.86. The fraction of sp³-hybridized carbons (Fsp3) is 0.727. The van der Waals surface area contributed by atoms with E-state index < -0.39 is 5.97 Å². The number of allylic oxidation sites excluding steroid dienone is 1. The number of rotatable bonds is 5. The van der Waals surface area contributed by atoms with Gasteiger partial charge in [-0.2, -0.15) is 0 Å². The van der Waals surface area contributed by atoms with E-state index in [2.05, 4.69) is 13.8 Å². The molecule has 2 nitrogen and oxygen atoms in total. The summed E-state index contributed by atoms with van der Waals surface area (Å²) in [7, 11) is 0. The van der Waals surface area contributed by atoms with Crippen LogP contribution in [0.25, 0.3) is 0 Å². The molecule has 0 atom stereocenters. The Labute approximate surface area is 80.7 Å². The number of carbonyl (C=O) groups is 1. The van der Waals surface area contributed by atoms with Gasteiger partial charge in [0.15, 0.2) is 0 Å². The molecule has 0 heterocycles. The molecule has 0 aliphatic rings. The molecule has 1 N–H and O–H groups in total. The van der Waals surface area contributed by atoms with Crippen molar-refractivity contribution in [3.63, 3.8) is 0 Å². The van der Waals surface area contributed by atoms with Crippen LogP contribution >= 0.6 is 0 Å². The number of hydrogen-bond donors (Lipinski definition) is 1. The van der Waals surface area contributed by atoms with Gasteiger partial charge in [-0.1, -0.05) is 26.3 Å². The molecular formula is C11H20O2. The normalized spacial score (nSPS) is 13.0. The zero-order valence-corrected chi connectivity index (χ0v) is 9.05. The SMILES string of the molecule is CCC(CCC(C)C)=C(C)C(=O)O. The Morgan fingerprint density at radius 1 is 1.38 bits per heavy atom. The van der Waals surface area contributed by atoms with E-state index in [0.29, 0.717) is 11.5 Å². The highest BCUT2D eigenvalue weighted by Crippen LogP contribution is 2.18. The average molecular weight is 184 g/mol. The molecule has 0 saturated heterocycles. The number of aliphatic carboxylic acids is 1. The van der Waals surface area contributed by atoms with Gasteiger partial charge in [-0.05, 0) is 32.1 Å². The molecule has 0 aliphatic heterocycles. The van der Waals surface area contributed by atoms with E-state index in [1.54, 1.807) is 6.92 Å². The Morgan fingerprint density at radius 2 is 1.92 bits per heavy atom. The average Bonchev–Trinajstić information content (AvgIpc) is 2.04. The van der Waals surface area contributed by atoms with Crippen molar-refractivity contribution in [2.75, 3.05) is 0 Å². The molecule has 2 heteroatoms. The third kappa shape index (κ3) is 4.71. The Kier molecular flexibility index (Phi) is 5.44. The molecule has 0 aromatic heterocycles. The second kappa shape index (κ2) is 5.79. The van der Waals surface area contributed by atoms with Crippen LogP contribution in [-0.4, -0.2) is 11.1 Å². The summed E-state index contributed by atoms with van der Waals surface area (Å²) in [6, 6.07) is 0. The molecule has 0 aromatic rings. The lowest BCUT2D eigenvalue weighted by Crippen LogP contribution is -2.02. The van der Waals surface area contributed by atoms with Crippen molar-refractivity contribution in [3.05, 3.63) is 11.1 Å². The van der Waals surface area contributed by atoms with E-state index in [0.717, 1.165) is 24.8 Å².